The predicted octanol–water partition coefficient (Wildman–Crippen LogP) is 1.70. The minimum absolute atomic E-state index is 0.187. The molecule has 1 aromatic heterocycles. The summed E-state index contributed by atoms with van der Waals surface area (Å²) in [5.74, 6) is 0. The minimum atomic E-state index is -4.53. The molecule has 2 amide bonds. The van der Waals surface area contributed by atoms with Crippen LogP contribution in [-0.4, -0.2) is 22.8 Å². The maximum atomic E-state index is 12.1. The Hall–Kier alpha value is -1.38. The standard InChI is InChI=1S/C6H7F3N4OS/c1-2-10-4(14)11-5-13-12-3(15-5)6(7,8)9/h2H2,1H3,(H2,10,11,13,14). The van der Waals surface area contributed by atoms with E-state index in [1.165, 1.54) is 0 Å². The summed E-state index contributed by atoms with van der Waals surface area (Å²) < 4.78 is 36.2. The molecule has 15 heavy (non-hydrogen) atoms. The van der Waals surface area contributed by atoms with Crippen LogP contribution in [0.3, 0.4) is 0 Å². The first-order chi connectivity index (χ1) is 6.93. The van der Waals surface area contributed by atoms with E-state index in [2.05, 4.69) is 20.8 Å². The fraction of sp³-hybridized carbons (Fsp3) is 0.500. The van der Waals surface area contributed by atoms with E-state index < -0.39 is 17.2 Å². The number of hydrogen-bond acceptors (Lipinski definition) is 4. The van der Waals surface area contributed by atoms with Crippen LogP contribution in [0.4, 0.5) is 23.1 Å². The fourth-order valence-corrected chi connectivity index (χ4v) is 1.30. The van der Waals surface area contributed by atoms with Crippen molar-refractivity contribution in [3.8, 4) is 0 Å². The molecule has 0 aromatic carbocycles. The molecule has 0 aliphatic heterocycles. The summed E-state index contributed by atoms with van der Waals surface area (Å²) in [7, 11) is 0. The number of alkyl halides is 3. The van der Waals surface area contributed by atoms with Crippen molar-refractivity contribution in [2.45, 2.75) is 13.1 Å². The molecule has 0 bridgehead atoms. The molecular weight excluding hydrogens is 233 g/mol. The largest absolute Gasteiger partial charge is 0.445 e. The lowest BCUT2D eigenvalue weighted by Gasteiger charge is -2.00. The lowest BCUT2D eigenvalue weighted by atomic mass is 10.7. The fourth-order valence-electron chi connectivity index (χ4n) is 0.690. The molecule has 0 aliphatic rings. The normalized spacial score (nSPS) is 11.2. The highest BCUT2D eigenvalue weighted by Gasteiger charge is 2.35. The molecule has 0 atom stereocenters. The first kappa shape index (κ1) is 11.7. The summed E-state index contributed by atoms with van der Waals surface area (Å²) in [6, 6.07) is -0.609. The second kappa shape index (κ2) is 4.43. The number of carbonyl (C=O) groups is 1. The van der Waals surface area contributed by atoms with Gasteiger partial charge in [0, 0.05) is 6.54 Å². The molecule has 5 nitrogen and oxygen atoms in total. The third kappa shape index (κ3) is 3.35. The first-order valence-electron chi connectivity index (χ1n) is 3.89. The Bertz CT molecular complexity index is 350. The Morgan fingerprint density at radius 2 is 2.13 bits per heavy atom. The number of anilines is 1. The molecule has 2 N–H and O–H groups in total. The van der Waals surface area contributed by atoms with E-state index in [9.17, 15) is 18.0 Å². The van der Waals surface area contributed by atoms with E-state index in [0.29, 0.717) is 6.54 Å². The Morgan fingerprint density at radius 1 is 1.47 bits per heavy atom. The molecule has 1 aromatic rings. The van der Waals surface area contributed by atoms with Crippen molar-refractivity contribution in [3.05, 3.63) is 5.01 Å². The van der Waals surface area contributed by atoms with Gasteiger partial charge in [-0.2, -0.15) is 13.2 Å². The van der Waals surface area contributed by atoms with Crippen molar-refractivity contribution in [2.24, 2.45) is 0 Å². The number of nitrogens with one attached hydrogen (secondary N) is 2. The first-order valence-corrected chi connectivity index (χ1v) is 4.70. The summed E-state index contributed by atoms with van der Waals surface area (Å²) >= 11 is 0.275. The van der Waals surface area contributed by atoms with Gasteiger partial charge in [0.05, 0.1) is 0 Å². The lowest BCUT2D eigenvalue weighted by Crippen LogP contribution is -2.28. The number of rotatable bonds is 2. The molecule has 1 heterocycles. The monoisotopic (exact) mass is 240 g/mol. The zero-order valence-corrected chi connectivity index (χ0v) is 8.37. The Kier molecular flexibility index (Phi) is 3.45. The summed E-state index contributed by atoms with van der Waals surface area (Å²) in [4.78, 5) is 10.9. The van der Waals surface area contributed by atoms with Gasteiger partial charge in [-0.05, 0) is 6.92 Å². The van der Waals surface area contributed by atoms with E-state index in [-0.39, 0.29) is 16.5 Å². The van der Waals surface area contributed by atoms with Gasteiger partial charge in [-0.15, -0.1) is 10.2 Å². The van der Waals surface area contributed by atoms with E-state index in [0.717, 1.165) is 0 Å². The van der Waals surface area contributed by atoms with Crippen molar-refractivity contribution in [2.75, 3.05) is 11.9 Å². The molecule has 0 saturated heterocycles. The number of carbonyl (C=O) groups excluding carboxylic acids is 1. The average molecular weight is 240 g/mol. The van der Waals surface area contributed by atoms with Crippen LogP contribution in [0.5, 0.6) is 0 Å². The number of aromatic nitrogens is 2. The van der Waals surface area contributed by atoms with Crippen molar-refractivity contribution in [1.29, 1.82) is 0 Å². The predicted molar refractivity (Wildman–Crippen MR) is 47.6 cm³/mol. The molecule has 84 valence electrons. The second-order valence-corrected chi connectivity index (χ2v) is 3.37. The van der Waals surface area contributed by atoms with Gasteiger partial charge in [0.25, 0.3) is 0 Å². The summed E-state index contributed by atoms with van der Waals surface area (Å²) in [5, 5.41) is 9.29. The van der Waals surface area contributed by atoms with Crippen LogP contribution < -0.4 is 10.6 Å². The highest BCUT2D eigenvalue weighted by Crippen LogP contribution is 2.32. The van der Waals surface area contributed by atoms with E-state index in [4.69, 9.17) is 0 Å². The van der Waals surface area contributed by atoms with Gasteiger partial charge in [0.1, 0.15) is 0 Å². The van der Waals surface area contributed by atoms with Crippen molar-refractivity contribution in [1.82, 2.24) is 15.5 Å². The van der Waals surface area contributed by atoms with Gasteiger partial charge in [-0.1, -0.05) is 11.3 Å². The molecule has 0 saturated carbocycles. The van der Waals surface area contributed by atoms with Gasteiger partial charge in [0.15, 0.2) is 0 Å². The lowest BCUT2D eigenvalue weighted by molar-refractivity contribution is -0.138. The molecule has 0 aliphatic carbocycles. The zero-order chi connectivity index (χ0) is 11.5. The van der Waals surface area contributed by atoms with Gasteiger partial charge in [-0.3, -0.25) is 5.32 Å². The summed E-state index contributed by atoms with van der Waals surface area (Å²) in [6.07, 6.45) is -4.53. The number of urea groups is 1. The quantitative estimate of drug-likeness (QED) is 0.826. The highest BCUT2D eigenvalue weighted by molar-refractivity contribution is 7.15. The summed E-state index contributed by atoms with van der Waals surface area (Å²) in [5.41, 5.74) is 0. The van der Waals surface area contributed by atoms with Crippen LogP contribution in [0, 0.1) is 0 Å². The van der Waals surface area contributed by atoms with Crippen LogP contribution in [0.15, 0.2) is 0 Å². The molecular formula is C6H7F3N4OS. The Labute approximate surface area is 86.7 Å². The molecule has 0 spiro atoms. The third-order valence-corrected chi connectivity index (χ3v) is 2.11. The van der Waals surface area contributed by atoms with Crippen molar-refractivity contribution in [3.63, 3.8) is 0 Å². The van der Waals surface area contributed by atoms with E-state index in [1.807, 2.05) is 0 Å². The van der Waals surface area contributed by atoms with Crippen LogP contribution in [0.1, 0.15) is 11.9 Å². The third-order valence-electron chi connectivity index (χ3n) is 1.23. The topological polar surface area (TPSA) is 66.9 Å². The van der Waals surface area contributed by atoms with Crippen LogP contribution in [-0.2, 0) is 6.18 Å². The Morgan fingerprint density at radius 3 is 2.60 bits per heavy atom. The zero-order valence-electron chi connectivity index (χ0n) is 7.55. The van der Waals surface area contributed by atoms with Crippen LogP contribution >= 0.6 is 11.3 Å². The molecule has 0 fully saturated rings. The van der Waals surface area contributed by atoms with E-state index in [1.54, 1.807) is 6.92 Å². The number of hydrogen-bond donors (Lipinski definition) is 2. The smallest absolute Gasteiger partial charge is 0.338 e. The van der Waals surface area contributed by atoms with Gasteiger partial charge in [-0.25, -0.2) is 4.79 Å². The van der Waals surface area contributed by atoms with E-state index >= 15 is 0 Å². The maximum Gasteiger partial charge on any atom is 0.445 e. The maximum absolute atomic E-state index is 12.1. The summed E-state index contributed by atoms with van der Waals surface area (Å²) in [6.45, 7) is 2.05. The minimum Gasteiger partial charge on any atom is -0.338 e. The Balaban J connectivity index is 2.65. The average Bonchev–Trinajstić information content (AvgIpc) is 2.52. The van der Waals surface area contributed by atoms with Crippen molar-refractivity contribution >= 4 is 22.5 Å². The molecule has 1 rings (SSSR count). The number of halogens is 3. The number of amides is 2. The number of nitrogens with zero attached hydrogens (tertiary/aromatic N) is 2. The molecule has 0 unspecified atom stereocenters. The molecule has 9 heteroatoms. The highest BCUT2D eigenvalue weighted by atomic mass is 32.1. The van der Waals surface area contributed by atoms with Gasteiger partial charge >= 0.3 is 12.2 Å². The second-order valence-electron chi connectivity index (χ2n) is 2.39. The van der Waals surface area contributed by atoms with Gasteiger partial charge < -0.3 is 5.32 Å². The van der Waals surface area contributed by atoms with Crippen molar-refractivity contribution < 1.29 is 18.0 Å². The van der Waals surface area contributed by atoms with Gasteiger partial charge in [0.2, 0.25) is 10.1 Å². The van der Waals surface area contributed by atoms with Crippen LogP contribution in [0.25, 0.3) is 0 Å². The van der Waals surface area contributed by atoms with Crippen LogP contribution in [0.2, 0.25) is 0 Å². The SMILES string of the molecule is CCNC(=O)Nc1nnc(C(F)(F)F)s1. The molecule has 0 radical (unpaired) electrons.